The number of rotatable bonds is 4. The number of hydrogen-bond acceptors (Lipinski definition) is 4. The molecule has 2 aromatic carbocycles. The maximum absolute atomic E-state index is 12.0. The van der Waals surface area contributed by atoms with E-state index in [-0.39, 0.29) is 22.7 Å². The number of benzene rings is 2. The molecule has 2 aliphatic rings. The molecule has 0 aromatic heterocycles. The molecule has 1 aliphatic heterocycles. The fraction of sp³-hybridized carbons (Fsp3) is 0.391. The molecule has 0 amide bonds. The Kier molecular flexibility index (Phi) is 5.09. The average molecular weight is 381 g/mol. The third-order valence-electron chi connectivity index (χ3n) is 5.64. The third-order valence-corrected chi connectivity index (χ3v) is 6.58. The third kappa shape index (κ3) is 3.96. The van der Waals surface area contributed by atoms with Crippen LogP contribution in [0.25, 0.3) is 16.8 Å². The minimum absolute atomic E-state index is 0.00814. The van der Waals surface area contributed by atoms with Crippen molar-refractivity contribution < 1.29 is 14.3 Å². The van der Waals surface area contributed by atoms with Gasteiger partial charge in [0, 0.05) is 10.8 Å². The number of ether oxygens (including phenoxy) is 1. The quantitative estimate of drug-likeness (QED) is 0.499. The molecule has 0 radical (unpaired) electrons. The fourth-order valence-corrected chi connectivity index (χ4v) is 4.85. The van der Waals surface area contributed by atoms with Crippen molar-refractivity contribution in [1.82, 2.24) is 0 Å². The molecule has 0 atom stereocenters. The lowest BCUT2D eigenvalue weighted by atomic mass is 9.76. The molecule has 0 bridgehead atoms. The number of ketones is 1. The molecule has 3 nitrogen and oxygen atoms in total. The second-order valence-electron chi connectivity index (χ2n) is 7.94. The van der Waals surface area contributed by atoms with Crippen LogP contribution in [0, 0.1) is 5.41 Å². The zero-order chi connectivity index (χ0) is 18.9. The van der Waals surface area contributed by atoms with E-state index in [2.05, 4.69) is 13.0 Å². The van der Waals surface area contributed by atoms with Crippen LogP contribution in [0.1, 0.15) is 51.0 Å². The highest BCUT2D eigenvalue weighted by Gasteiger charge is 2.28. The number of fused-ring (bicyclic) bond motifs is 1. The van der Waals surface area contributed by atoms with Gasteiger partial charge in [0.05, 0.1) is 17.9 Å². The molecule has 1 saturated carbocycles. The summed E-state index contributed by atoms with van der Waals surface area (Å²) in [4.78, 5) is 24.0. The summed E-state index contributed by atoms with van der Waals surface area (Å²) in [5.74, 6) is 0.806. The SMILES string of the molecule is CC1(COc2ccc(/C=C3/SC(=O)CC3=O)c3ccccc23)CCCCC1. The minimum atomic E-state index is -0.0837. The maximum atomic E-state index is 12.0. The van der Waals surface area contributed by atoms with Gasteiger partial charge in [-0.3, -0.25) is 9.59 Å². The zero-order valence-corrected chi connectivity index (χ0v) is 16.4. The summed E-state index contributed by atoms with van der Waals surface area (Å²) in [6, 6.07) is 12.1. The molecule has 2 aromatic rings. The Balaban J connectivity index is 1.63. The largest absolute Gasteiger partial charge is 0.492 e. The zero-order valence-electron chi connectivity index (χ0n) is 15.6. The lowest BCUT2D eigenvalue weighted by molar-refractivity contribution is -0.119. The van der Waals surface area contributed by atoms with Gasteiger partial charge in [-0.05, 0) is 47.7 Å². The van der Waals surface area contributed by atoms with E-state index < -0.39 is 0 Å². The Morgan fingerprint density at radius 2 is 1.78 bits per heavy atom. The van der Waals surface area contributed by atoms with Gasteiger partial charge in [0.2, 0.25) is 5.12 Å². The highest BCUT2D eigenvalue weighted by atomic mass is 32.2. The minimum Gasteiger partial charge on any atom is -0.492 e. The Hall–Kier alpha value is -2.07. The molecule has 0 N–H and O–H groups in total. The molecule has 27 heavy (non-hydrogen) atoms. The van der Waals surface area contributed by atoms with Crippen molar-refractivity contribution in [3.05, 3.63) is 46.9 Å². The van der Waals surface area contributed by atoms with Crippen LogP contribution in [0.5, 0.6) is 5.75 Å². The second kappa shape index (κ2) is 7.51. The molecule has 4 rings (SSSR count). The molecule has 140 valence electrons. The van der Waals surface area contributed by atoms with Gasteiger partial charge in [-0.1, -0.05) is 56.5 Å². The molecule has 0 unspecified atom stereocenters. The van der Waals surface area contributed by atoms with Gasteiger partial charge >= 0.3 is 0 Å². The first-order chi connectivity index (χ1) is 13.0. The summed E-state index contributed by atoms with van der Waals surface area (Å²) < 4.78 is 6.28. The summed E-state index contributed by atoms with van der Waals surface area (Å²) in [6.45, 7) is 3.06. The first kappa shape index (κ1) is 18.3. The van der Waals surface area contributed by atoms with Crippen molar-refractivity contribution in [3.63, 3.8) is 0 Å². The van der Waals surface area contributed by atoms with Gasteiger partial charge in [0.15, 0.2) is 5.78 Å². The number of carbonyl (C=O) groups excluding carboxylic acids is 2. The monoisotopic (exact) mass is 380 g/mol. The van der Waals surface area contributed by atoms with E-state index >= 15 is 0 Å². The predicted molar refractivity (Wildman–Crippen MR) is 111 cm³/mol. The van der Waals surface area contributed by atoms with E-state index in [1.165, 1.54) is 32.1 Å². The van der Waals surface area contributed by atoms with E-state index in [1.54, 1.807) is 0 Å². The van der Waals surface area contributed by atoms with E-state index in [0.29, 0.717) is 4.91 Å². The van der Waals surface area contributed by atoms with Crippen LogP contribution >= 0.6 is 11.8 Å². The number of allylic oxidation sites excluding steroid dienone is 1. The first-order valence-corrected chi connectivity index (χ1v) is 10.5. The standard InChI is InChI=1S/C23H24O3S/c1-23(11-5-2-6-12-23)15-26-20-10-9-16(17-7-3-4-8-18(17)20)13-21-19(24)14-22(25)27-21/h3-4,7-10,13H,2,5-6,11-12,14-15H2,1H3/b21-13+. The number of carbonyl (C=O) groups is 2. The van der Waals surface area contributed by atoms with E-state index in [1.807, 2.05) is 36.4 Å². The fourth-order valence-electron chi connectivity index (χ4n) is 4.03. The summed E-state index contributed by atoms with van der Waals surface area (Å²) in [6.07, 6.45) is 8.21. The summed E-state index contributed by atoms with van der Waals surface area (Å²) in [5.41, 5.74) is 1.21. The van der Waals surface area contributed by atoms with Crippen molar-refractivity contribution in [1.29, 1.82) is 0 Å². The van der Waals surface area contributed by atoms with Crippen molar-refractivity contribution >= 4 is 39.5 Å². The second-order valence-corrected chi connectivity index (χ2v) is 9.04. The number of hydrogen-bond donors (Lipinski definition) is 0. The van der Waals surface area contributed by atoms with Gasteiger partial charge in [0.25, 0.3) is 0 Å². The molecule has 2 fully saturated rings. The maximum Gasteiger partial charge on any atom is 0.201 e. The average Bonchev–Trinajstić information content (AvgIpc) is 2.98. The summed E-state index contributed by atoms with van der Waals surface area (Å²) in [7, 11) is 0. The molecular weight excluding hydrogens is 356 g/mol. The van der Waals surface area contributed by atoms with Crippen molar-refractivity contribution in [2.75, 3.05) is 6.61 Å². The highest BCUT2D eigenvalue weighted by Crippen LogP contribution is 2.38. The Bertz CT molecular complexity index is 922. The van der Waals surface area contributed by atoms with Crippen molar-refractivity contribution in [2.24, 2.45) is 5.41 Å². The Labute approximate surface area is 164 Å². The predicted octanol–water partition coefficient (Wildman–Crippen LogP) is 5.76. The topological polar surface area (TPSA) is 43.4 Å². The highest BCUT2D eigenvalue weighted by molar-refractivity contribution is 8.18. The Morgan fingerprint density at radius 3 is 2.48 bits per heavy atom. The van der Waals surface area contributed by atoms with Gasteiger partial charge in [-0.25, -0.2) is 0 Å². The van der Waals surface area contributed by atoms with Crippen LogP contribution in [-0.4, -0.2) is 17.5 Å². The van der Waals surface area contributed by atoms with Crippen LogP contribution in [0.15, 0.2) is 41.3 Å². The first-order valence-electron chi connectivity index (χ1n) is 9.64. The smallest absolute Gasteiger partial charge is 0.201 e. The normalized spacial score (nSPS) is 21.1. The van der Waals surface area contributed by atoms with Crippen LogP contribution < -0.4 is 4.74 Å². The molecule has 4 heteroatoms. The van der Waals surface area contributed by atoms with Crippen LogP contribution in [0.2, 0.25) is 0 Å². The lowest BCUT2D eigenvalue weighted by Gasteiger charge is -2.33. The molecule has 1 aliphatic carbocycles. The van der Waals surface area contributed by atoms with Crippen molar-refractivity contribution in [3.8, 4) is 5.75 Å². The van der Waals surface area contributed by atoms with E-state index in [4.69, 9.17) is 4.74 Å². The molecule has 1 saturated heterocycles. The summed E-state index contributed by atoms with van der Waals surface area (Å²) >= 11 is 1.05. The molecular formula is C23H24O3S. The molecule has 1 heterocycles. The van der Waals surface area contributed by atoms with Crippen LogP contribution in [-0.2, 0) is 9.59 Å². The van der Waals surface area contributed by atoms with Gasteiger partial charge in [-0.15, -0.1) is 0 Å². The lowest BCUT2D eigenvalue weighted by Crippen LogP contribution is -2.27. The van der Waals surface area contributed by atoms with Gasteiger partial charge in [0.1, 0.15) is 5.75 Å². The molecule has 0 spiro atoms. The summed E-state index contributed by atoms with van der Waals surface area (Å²) in [5, 5.41) is 2.02. The van der Waals surface area contributed by atoms with Crippen LogP contribution in [0.4, 0.5) is 0 Å². The number of Topliss-reactive ketones (excluding diaryl/α,β-unsaturated/α-hetero) is 1. The van der Waals surface area contributed by atoms with E-state index in [0.717, 1.165) is 40.5 Å². The van der Waals surface area contributed by atoms with Crippen LogP contribution in [0.3, 0.4) is 0 Å². The Morgan fingerprint density at radius 1 is 1.04 bits per heavy atom. The van der Waals surface area contributed by atoms with E-state index in [9.17, 15) is 9.59 Å². The van der Waals surface area contributed by atoms with Gasteiger partial charge in [-0.2, -0.15) is 0 Å². The number of thioether (sulfide) groups is 1. The van der Waals surface area contributed by atoms with Crippen molar-refractivity contribution in [2.45, 2.75) is 45.4 Å². The van der Waals surface area contributed by atoms with Gasteiger partial charge < -0.3 is 4.74 Å².